The summed E-state index contributed by atoms with van der Waals surface area (Å²) in [7, 11) is 1.69. The molecule has 0 spiro atoms. The Hall–Kier alpha value is -0.840. The average Bonchev–Trinajstić information content (AvgIpc) is 2.76. The Morgan fingerprint density at radius 3 is 2.47 bits per heavy atom. The molecule has 0 bridgehead atoms. The van der Waals surface area contributed by atoms with Crippen molar-refractivity contribution in [2.75, 3.05) is 13.7 Å². The molecule has 2 aromatic rings. The second-order valence-corrected chi connectivity index (χ2v) is 6.46. The molecule has 0 saturated heterocycles. The van der Waals surface area contributed by atoms with Gasteiger partial charge in [0.05, 0.1) is 13.2 Å². The minimum atomic E-state index is 0.242. The van der Waals surface area contributed by atoms with Gasteiger partial charge >= 0.3 is 0 Å². The summed E-state index contributed by atoms with van der Waals surface area (Å²) in [6.45, 7) is 5.20. The zero-order valence-corrected chi connectivity index (χ0v) is 13.8. The topological polar surface area (TPSA) is 21.3 Å². The lowest BCUT2D eigenvalue weighted by Crippen LogP contribution is -2.20. The Balaban J connectivity index is 2.33. The zero-order valence-electron chi connectivity index (χ0n) is 11.4. The Bertz CT molecular complexity index is 516. The number of aryl methyl sites for hydroxylation is 1. The van der Waals surface area contributed by atoms with Crippen molar-refractivity contribution in [3.05, 3.63) is 50.1 Å². The predicted molar refractivity (Wildman–Crippen MR) is 85.3 cm³/mol. The molecule has 4 heteroatoms. The van der Waals surface area contributed by atoms with Crippen LogP contribution in [0.4, 0.5) is 0 Å². The van der Waals surface area contributed by atoms with E-state index in [1.54, 1.807) is 7.11 Å². The number of nitrogens with one attached hydrogen (secondary N) is 1. The van der Waals surface area contributed by atoms with E-state index in [9.17, 15) is 0 Å². The Morgan fingerprint density at radius 1 is 1.32 bits per heavy atom. The lowest BCUT2D eigenvalue weighted by molar-refractivity contribution is 0.414. The number of ether oxygens (including phenoxy) is 1. The highest BCUT2D eigenvalue weighted by molar-refractivity contribution is 9.10. The van der Waals surface area contributed by atoms with Gasteiger partial charge in [0.2, 0.25) is 0 Å². The van der Waals surface area contributed by atoms with Gasteiger partial charge in [-0.25, -0.2) is 0 Å². The maximum absolute atomic E-state index is 5.21. The van der Waals surface area contributed by atoms with Crippen LogP contribution >= 0.6 is 27.3 Å². The van der Waals surface area contributed by atoms with E-state index in [-0.39, 0.29) is 6.04 Å². The maximum atomic E-state index is 5.21. The summed E-state index contributed by atoms with van der Waals surface area (Å²) >= 11 is 5.42. The van der Waals surface area contributed by atoms with Crippen LogP contribution in [0.5, 0.6) is 5.75 Å². The minimum absolute atomic E-state index is 0.242. The molecular weight excluding hydrogens is 322 g/mol. The van der Waals surface area contributed by atoms with Crippen molar-refractivity contribution in [2.45, 2.75) is 19.9 Å². The van der Waals surface area contributed by atoms with Crippen molar-refractivity contribution in [2.24, 2.45) is 0 Å². The average molecular weight is 340 g/mol. The largest absolute Gasteiger partial charge is 0.497 e. The van der Waals surface area contributed by atoms with Crippen molar-refractivity contribution in [3.63, 3.8) is 0 Å². The Kier molecular flexibility index (Phi) is 5.02. The van der Waals surface area contributed by atoms with Gasteiger partial charge < -0.3 is 10.1 Å². The second kappa shape index (κ2) is 6.55. The minimum Gasteiger partial charge on any atom is -0.497 e. The third-order valence-electron chi connectivity index (χ3n) is 3.02. The van der Waals surface area contributed by atoms with Gasteiger partial charge in [0.1, 0.15) is 5.75 Å². The number of hydrogen-bond acceptors (Lipinski definition) is 3. The number of thiophene rings is 1. The van der Waals surface area contributed by atoms with Crippen LogP contribution in [-0.2, 0) is 0 Å². The van der Waals surface area contributed by atoms with Crippen LogP contribution in [0.3, 0.4) is 0 Å². The molecule has 0 aliphatic heterocycles. The first-order chi connectivity index (χ1) is 9.15. The summed E-state index contributed by atoms with van der Waals surface area (Å²) in [5.41, 5.74) is 1.26. The van der Waals surface area contributed by atoms with Crippen LogP contribution in [0.2, 0.25) is 0 Å². The lowest BCUT2D eigenvalue weighted by atomic mass is 10.1. The molecule has 1 N–H and O–H groups in total. The van der Waals surface area contributed by atoms with E-state index in [0.29, 0.717) is 0 Å². The summed E-state index contributed by atoms with van der Waals surface area (Å²) in [4.78, 5) is 2.64. The highest BCUT2D eigenvalue weighted by atomic mass is 79.9. The molecule has 1 unspecified atom stereocenters. The molecular formula is C15H18BrNOS. The van der Waals surface area contributed by atoms with Crippen molar-refractivity contribution in [1.29, 1.82) is 0 Å². The molecule has 0 aliphatic rings. The monoisotopic (exact) mass is 339 g/mol. The predicted octanol–water partition coefficient (Wildman–Crippen LogP) is 4.53. The summed E-state index contributed by atoms with van der Waals surface area (Å²) in [5.74, 6) is 0.891. The van der Waals surface area contributed by atoms with Gasteiger partial charge in [0.15, 0.2) is 0 Å². The first-order valence-electron chi connectivity index (χ1n) is 6.29. The maximum Gasteiger partial charge on any atom is 0.118 e. The van der Waals surface area contributed by atoms with E-state index in [1.807, 2.05) is 23.5 Å². The van der Waals surface area contributed by atoms with Crippen LogP contribution in [0.1, 0.15) is 28.3 Å². The third-order valence-corrected chi connectivity index (χ3v) is 5.22. The smallest absolute Gasteiger partial charge is 0.118 e. The van der Waals surface area contributed by atoms with Gasteiger partial charge in [0.25, 0.3) is 0 Å². The summed E-state index contributed by atoms with van der Waals surface area (Å²) in [5, 5.41) is 3.54. The van der Waals surface area contributed by atoms with Crippen LogP contribution < -0.4 is 10.1 Å². The molecule has 1 aromatic carbocycles. The zero-order chi connectivity index (χ0) is 13.8. The standard InChI is InChI=1S/C15H18BrNOS/c1-4-17-15(14-9-13(16)10(2)19-14)11-5-7-12(18-3)8-6-11/h5-9,15,17H,4H2,1-3H3. The summed E-state index contributed by atoms with van der Waals surface area (Å²) < 4.78 is 6.40. The van der Waals surface area contributed by atoms with Gasteiger partial charge in [-0.15, -0.1) is 11.3 Å². The fourth-order valence-corrected chi connectivity index (χ4v) is 3.67. The van der Waals surface area contributed by atoms with Crippen LogP contribution in [0.15, 0.2) is 34.8 Å². The number of benzene rings is 1. The first kappa shape index (κ1) is 14.6. The van der Waals surface area contributed by atoms with Crippen molar-refractivity contribution in [1.82, 2.24) is 5.32 Å². The molecule has 1 aromatic heterocycles. The second-order valence-electron chi connectivity index (χ2n) is 4.32. The molecule has 0 amide bonds. The summed E-state index contributed by atoms with van der Waals surface area (Å²) in [6, 6.07) is 10.7. The molecule has 0 saturated carbocycles. The quantitative estimate of drug-likeness (QED) is 0.864. The van der Waals surface area contributed by atoms with Crippen LogP contribution in [0, 0.1) is 6.92 Å². The molecule has 0 fully saturated rings. The molecule has 102 valence electrons. The van der Waals surface area contributed by atoms with Gasteiger partial charge in [-0.05, 0) is 53.2 Å². The van der Waals surface area contributed by atoms with Gasteiger partial charge in [-0.1, -0.05) is 19.1 Å². The molecule has 2 nitrogen and oxygen atoms in total. The van der Waals surface area contributed by atoms with E-state index < -0.39 is 0 Å². The molecule has 0 radical (unpaired) electrons. The van der Waals surface area contributed by atoms with Crippen molar-refractivity contribution >= 4 is 27.3 Å². The SMILES string of the molecule is CCNC(c1ccc(OC)cc1)c1cc(Br)c(C)s1. The molecule has 2 rings (SSSR count). The number of methoxy groups -OCH3 is 1. The van der Waals surface area contributed by atoms with Crippen molar-refractivity contribution < 1.29 is 4.74 Å². The Morgan fingerprint density at radius 2 is 2.00 bits per heavy atom. The first-order valence-corrected chi connectivity index (χ1v) is 7.89. The highest BCUT2D eigenvalue weighted by Gasteiger charge is 2.16. The normalized spacial score (nSPS) is 12.4. The fourth-order valence-electron chi connectivity index (χ4n) is 2.01. The molecule has 1 atom stereocenters. The molecule has 19 heavy (non-hydrogen) atoms. The van der Waals surface area contributed by atoms with E-state index in [0.717, 1.165) is 12.3 Å². The van der Waals surface area contributed by atoms with Gasteiger partial charge in [-0.2, -0.15) is 0 Å². The molecule has 1 heterocycles. The molecule has 0 aliphatic carbocycles. The van der Waals surface area contributed by atoms with Crippen LogP contribution in [-0.4, -0.2) is 13.7 Å². The van der Waals surface area contributed by atoms with E-state index >= 15 is 0 Å². The number of hydrogen-bond donors (Lipinski definition) is 1. The Labute approximate surface area is 126 Å². The van der Waals surface area contributed by atoms with Gasteiger partial charge in [-0.3, -0.25) is 0 Å². The lowest BCUT2D eigenvalue weighted by Gasteiger charge is -2.17. The third kappa shape index (κ3) is 3.38. The number of rotatable bonds is 5. The van der Waals surface area contributed by atoms with Crippen LogP contribution in [0.25, 0.3) is 0 Å². The van der Waals surface area contributed by atoms with Gasteiger partial charge in [0, 0.05) is 14.2 Å². The van der Waals surface area contributed by atoms with Crippen molar-refractivity contribution in [3.8, 4) is 5.75 Å². The van der Waals surface area contributed by atoms with E-state index in [2.05, 4.69) is 53.3 Å². The summed E-state index contributed by atoms with van der Waals surface area (Å²) in [6.07, 6.45) is 0. The highest BCUT2D eigenvalue weighted by Crippen LogP contribution is 2.34. The number of halogens is 1. The fraction of sp³-hybridized carbons (Fsp3) is 0.333. The van der Waals surface area contributed by atoms with E-state index in [1.165, 1.54) is 19.8 Å². The van der Waals surface area contributed by atoms with E-state index in [4.69, 9.17) is 4.74 Å².